The first-order valence-electron chi connectivity index (χ1n) is 5.71. The van der Waals surface area contributed by atoms with Gasteiger partial charge in [0.25, 0.3) is 5.56 Å². The highest BCUT2D eigenvalue weighted by Gasteiger charge is 2.21. The molecule has 94 valence electrons. The summed E-state index contributed by atoms with van der Waals surface area (Å²) in [6, 6.07) is 0.558. The van der Waals surface area contributed by atoms with Gasteiger partial charge in [0.05, 0.1) is 12.6 Å². The molecule has 0 spiro atoms. The first kappa shape index (κ1) is 12.7. The number of hydrogen-bond acceptors (Lipinski definition) is 4. The molecule has 1 aliphatic rings. The zero-order chi connectivity index (χ0) is 12.4. The Labute approximate surface area is 108 Å². The number of aliphatic hydroxyl groups excluding tert-OH is 1. The summed E-state index contributed by atoms with van der Waals surface area (Å²) in [6.07, 6.45) is 3.29. The minimum Gasteiger partial charge on any atom is -0.390 e. The van der Waals surface area contributed by atoms with Crippen molar-refractivity contribution in [2.24, 2.45) is 0 Å². The highest BCUT2D eigenvalue weighted by Crippen LogP contribution is 2.18. The number of halogens is 1. The highest BCUT2D eigenvalue weighted by molar-refractivity contribution is 9.10. The molecule has 1 aliphatic carbocycles. The lowest BCUT2D eigenvalue weighted by molar-refractivity contribution is 0.148. The Bertz CT molecular complexity index is 457. The standard InChI is InChI=1S/C11H16BrN3O2/c1-7-13-5-10(12)11(17)15(7)6-9(16)4-14-8-2-3-8/h5,8-9,14,16H,2-4,6H2,1H3. The smallest absolute Gasteiger partial charge is 0.267 e. The van der Waals surface area contributed by atoms with E-state index in [0.29, 0.717) is 22.9 Å². The average molecular weight is 302 g/mol. The summed E-state index contributed by atoms with van der Waals surface area (Å²) in [7, 11) is 0. The van der Waals surface area contributed by atoms with E-state index in [1.54, 1.807) is 6.92 Å². The summed E-state index contributed by atoms with van der Waals surface area (Å²) in [5.41, 5.74) is -0.150. The lowest BCUT2D eigenvalue weighted by atomic mass is 10.3. The molecule has 5 nitrogen and oxygen atoms in total. The van der Waals surface area contributed by atoms with Gasteiger partial charge >= 0.3 is 0 Å². The molecule has 0 radical (unpaired) electrons. The Morgan fingerprint density at radius 1 is 1.71 bits per heavy atom. The minimum absolute atomic E-state index is 0.150. The van der Waals surface area contributed by atoms with Crippen LogP contribution in [0.15, 0.2) is 15.5 Å². The van der Waals surface area contributed by atoms with E-state index in [-0.39, 0.29) is 12.1 Å². The van der Waals surface area contributed by atoms with Crippen LogP contribution in [-0.4, -0.2) is 33.3 Å². The molecular formula is C11H16BrN3O2. The number of hydrogen-bond donors (Lipinski definition) is 2. The second kappa shape index (κ2) is 5.29. The highest BCUT2D eigenvalue weighted by atomic mass is 79.9. The first-order valence-corrected chi connectivity index (χ1v) is 6.50. The number of nitrogens with one attached hydrogen (secondary N) is 1. The first-order chi connectivity index (χ1) is 8.08. The molecule has 0 saturated heterocycles. The zero-order valence-electron chi connectivity index (χ0n) is 9.69. The predicted molar refractivity (Wildman–Crippen MR) is 68.0 cm³/mol. The van der Waals surface area contributed by atoms with E-state index < -0.39 is 6.10 Å². The molecule has 1 aromatic heterocycles. The van der Waals surface area contributed by atoms with Crippen LogP contribution in [0.3, 0.4) is 0 Å². The third kappa shape index (κ3) is 3.37. The summed E-state index contributed by atoms with van der Waals surface area (Å²) in [5, 5.41) is 13.1. The second-order valence-corrected chi connectivity index (χ2v) is 5.26. The van der Waals surface area contributed by atoms with E-state index in [4.69, 9.17) is 0 Å². The number of nitrogens with zero attached hydrogens (tertiary/aromatic N) is 2. The van der Waals surface area contributed by atoms with Gasteiger partial charge in [-0.05, 0) is 35.7 Å². The third-order valence-electron chi connectivity index (χ3n) is 2.82. The summed E-state index contributed by atoms with van der Waals surface area (Å²) in [5.74, 6) is 0.615. The van der Waals surface area contributed by atoms with E-state index in [1.165, 1.54) is 23.6 Å². The molecule has 0 aromatic carbocycles. The summed E-state index contributed by atoms with van der Waals surface area (Å²) < 4.78 is 1.91. The average Bonchev–Trinajstić information content (AvgIpc) is 3.11. The van der Waals surface area contributed by atoms with Gasteiger partial charge < -0.3 is 10.4 Å². The fourth-order valence-corrected chi connectivity index (χ4v) is 1.95. The fraction of sp³-hybridized carbons (Fsp3) is 0.636. The zero-order valence-corrected chi connectivity index (χ0v) is 11.3. The van der Waals surface area contributed by atoms with E-state index in [1.807, 2.05) is 0 Å². The van der Waals surface area contributed by atoms with Crippen molar-refractivity contribution in [3.8, 4) is 0 Å². The van der Waals surface area contributed by atoms with Crippen LogP contribution in [0.2, 0.25) is 0 Å². The van der Waals surface area contributed by atoms with Gasteiger partial charge in [0.1, 0.15) is 10.3 Å². The van der Waals surface area contributed by atoms with Crippen LogP contribution in [0.1, 0.15) is 18.7 Å². The van der Waals surface area contributed by atoms with Crippen LogP contribution < -0.4 is 10.9 Å². The molecule has 1 unspecified atom stereocenters. The molecule has 1 saturated carbocycles. The number of rotatable bonds is 5. The Morgan fingerprint density at radius 2 is 2.41 bits per heavy atom. The van der Waals surface area contributed by atoms with E-state index in [2.05, 4.69) is 26.2 Å². The SMILES string of the molecule is Cc1ncc(Br)c(=O)n1CC(O)CNC1CC1. The Hall–Kier alpha value is -0.720. The van der Waals surface area contributed by atoms with E-state index >= 15 is 0 Å². The van der Waals surface area contributed by atoms with Crippen molar-refractivity contribution in [2.45, 2.75) is 38.5 Å². The molecule has 17 heavy (non-hydrogen) atoms. The molecule has 2 N–H and O–H groups in total. The Balaban J connectivity index is 2.01. The van der Waals surface area contributed by atoms with Crippen molar-refractivity contribution >= 4 is 15.9 Å². The van der Waals surface area contributed by atoms with Crippen LogP contribution in [-0.2, 0) is 6.54 Å². The lowest BCUT2D eigenvalue weighted by Gasteiger charge is -2.15. The molecule has 1 fully saturated rings. The summed E-state index contributed by atoms with van der Waals surface area (Å²) in [6.45, 7) is 2.55. The number of aliphatic hydroxyl groups is 1. The van der Waals surface area contributed by atoms with Crippen LogP contribution >= 0.6 is 15.9 Å². The van der Waals surface area contributed by atoms with Gasteiger partial charge in [0.2, 0.25) is 0 Å². The molecular weight excluding hydrogens is 286 g/mol. The minimum atomic E-state index is -0.567. The molecule has 2 rings (SSSR count). The van der Waals surface area contributed by atoms with Gasteiger partial charge in [0.15, 0.2) is 0 Å². The normalized spacial score (nSPS) is 17.1. The third-order valence-corrected chi connectivity index (χ3v) is 3.36. The van der Waals surface area contributed by atoms with Crippen LogP contribution in [0.5, 0.6) is 0 Å². The van der Waals surface area contributed by atoms with E-state index in [0.717, 1.165) is 0 Å². The van der Waals surface area contributed by atoms with Crippen LogP contribution in [0.25, 0.3) is 0 Å². The lowest BCUT2D eigenvalue weighted by Crippen LogP contribution is -2.36. The van der Waals surface area contributed by atoms with Gasteiger partial charge in [-0.25, -0.2) is 4.98 Å². The Morgan fingerprint density at radius 3 is 3.06 bits per heavy atom. The van der Waals surface area contributed by atoms with Gasteiger partial charge in [-0.15, -0.1) is 0 Å². The predicted octanol–water partition coefficient (Wildman–Crippen LogP) is 0.427. The summed E-state index contributed by atoms with van der Waals surface area (Å²) >= 11 is 3.15. The Kier molecular flexibility index (Phi) is 3.96. The van der Waals surface area contributed by atoms with Gasteiger partial charge in [-0.2, -0.15) is 0 Å². The number of aromatic nitrogens is 2. The number of aryl methyl sites for hydroxylation is 1. The maximum absolute atomic E-state index is 11.8. The van der Waals surface area contributed by atoms with Gasteiger partial charge in [-0.1, -0.05) is 0 Å². The largest absolute Gasteiger partial charge is 0.390 e. The topological polar surface area (TPSA) is 67.2 Å². The molecule has 1 aromatic rings. The van der Waals surface area contributed by atoms with Crippen LogP contribution in [0, 0.1) is 6.92 Å². The van der Waals surface area contributed by atoms with Crippen molar-refractivity contribution in [1.82, 2.24) is 14.9 Å². The van der Waals surface area contributed by atoms with Crippen LogP contribution in [0.4, 0.5) is 0 Å². The van der Waals surface area contributed by atoms with Crippen molar-refractivity contribution in [3.05, 3.63) is 26.8 Å². The molecule has 0 bridgehead atoms. The maximum Gasteiger partial charge on any atom is 0.267 e. The van der Waals surface area contributed by atoms with Crippen molar-refractivity contribution in [1.29, 1.82) is 0 Å². The van der Waals surface area contributed by atoms with Crippen molar-refractivity contribution in [2.75, 3.05) is 6.54 Å². The maximum atomic E-state index is 11.8. The van der Waals surface area contributed by atoms with Gasteiger partial charge in [0, 0.05) is 18.8 Å². The molecule has 6 heteroatoms. The monoisotopic (exact) mass is 301 g/mol. The van der Waals surface area contributed by atoms with E-state index in [9.17, 15) is 9.90 Å². The fourth-order valence-electron chi connectivity index (χ4n) is 1.63. The quantitative estimate of drug-likeness (QED) is 0.827. The molecule has 1 atom stereocenters. The van der Waals surface area contributed by atoms with Crippen molar-refractivity contribution < 1.29 is 5.11 Å². The van der Waals surface area contributed by atoms with Gasteiger partial charge in [-0.3, -0.25) is 9.36 Å². The second-order valence-electron chi connectivity index (χ2n) is 4.41. The van der Waals surface area contributed by atoms with Crippen molar-refractivity contribution in [3.63, 3.8) is 0 Å². The molecule has 0 aliphatic heterocycles. The summed E-state index contributed by atoms with van der Waals surface area (Å²) in [4.78, 5) is 15.9. The molecule has 1 heterocycles. The molecule has 0 amide bonds.